The van der Waals surface area contributed by atoms with Crippen LogP contribution in [-0.2, 0) is 11.3 Å². The van der Waals surface area contributed by atoms with Gasteiger partial charge in [-0.15, -0.1) is 0 Å². The van der Waals surface area contributed by atoms with Gasteiger partial charge in [0.2, 0.25) is 11.7 Å². The molecule has 0 saturated heterocycles. The second-order valence-electron chi connectivity index (χ2n) is 9.65. The minimum absolute atomic E-state index is 0.0146. The minimum atomic E-state index is -0.378. The van der Waals surface area contributed by atoms with Crippen LogP contribution < -0.4 is 14.8 Å². The number of carbonyl (C=O) groups is 2. The molecular weight excluding hydrogens is 484 g/mol. The summed E-state index contributed by atoms with van der Waals surface area (Å²) in [4.78, 5) is 28.9. The van der Waals surface area contributed by atoms with Gasteiger partial charge >= 0.3 is 0 Å². The minimum Gasteiger partial charge on any atom is -0.493 e. The first-order valence-corrected chi connectivity index (χ1v) is 13.1. The maximum atomic E-state index is 13.0. The quantitative estimate of drug-likeness (QED) is 0.407. The van der Waals surface area contributed by atoms with Crippen molar-refractivity contribution in [1.82, 2.24) is 9.99 Å². The zero-order valence-corrected chi connectivity index (χ0v) is 21.7. The molecule has 198 valence electrons. The van der Waals surface area contributed by atoms with E-state index >= 15 is 0 Å². The average molecular weight is 517 g/mol. The first kappa shape index (κ1) is 25.5. The number of carbonyl (C=O) groups excluding carboxylic acids is 2. The molecular formula is C29H32N4O5. The summed E-state index contributed by atoms with van der Waals surface area (Å²) < 4.78 is 16.9. The van der Waals surface area contributed by atoms with Crippen molar-refractivity contribution in [3.8, 4) is 11.5 Å². The maximum absolute atomic E-state index is 13.0. The third kappa shape index (κ3) is 5.72. The number of amides is 2. The van der Waals surface area contributed by atoms with E-state index in [0.29, 0.717) is 24.4 Å². The third-order valence-electron chi connectivity index (χ3n) is 7.07. The summed E-state index contributed by atoms with van der Waals surface area (Å²) >= 11 is 0. The van der Waals surface area contributed by atoms with Crippen LogP contribution in [0, 0.1) is 5.92 Å². The van der Waals surface area contributed by atoms with Crippen LogP contribution in [0.4, 0.5) is 5.69 Å². The number of hydrogen-bond acceptors (Lipinski definition) is 7. The first-order valence-electron chi connectivity index (χ1n) is 13.1. The molecule has 1 N–H and O–H groups in total. The van der Waals surface area contributed by atoms with E-state index in [1.54, 1.807) is 19.2 Å². The van der Waals surface area contributed by atoms with Crippen molar-refractivity contribution in [2.45, 2.75) is 58.1 Å². The summed E-state index contributed by atoms with van der Waals surface area (Å²) in [5.41, 5.74) is 3.33. The lowest BCUT2D eigenvalue weighted by molar-refractivity contribution is -0.133. The molecule has 9 heteroatoms. The smallest absolute Gasteiger partial charge is 0.293 e. The Morgan fingerprint density at radius 1 is 1.13 bits per heavy atom. The number of benzene rings is 2. The monoisotopic (exact) mass is 516 g/mol. The molecule has 1 saturated carbocycles. The summed E-state index contributed by atoms with van der Waals surface area (Å²) in [6.45, 7) is 2.41. The van der Waals surface area contributed by atoms with Crippen molar-refractivity contribution in [3.63, 3.8) is 0 Å². The molecule has 5 rings (SSSR count). The van der Waals surface area contributed by atoms with Crippen molar-refractivity contribution in [2.24, 2.45) is 11.0 Å². The van der Waals surface area contributed by atoms with E-state index in [2.05, 4.69) is 17.2 Å². The molecule has 1 aromatic heterocycles. The van der Waals surface area contributed by atoms with Crippen LogP contribution in [0.15, 0.2) is 64.6 Å². The predicted molar refractivity (Wildman–Crippen MR) is 142 cm³/mol. The number of methoxy groups -OCH3 is 1. The van der Waals surface area contributed by atoms with Gasteiger partial charge in [-0.3, -0.25) is 9.59 Å². The highest BCUT2D eigenvalue weighted by molar-refractivity contribution is 6.06. The number of oxazole rings is 1. The van der Waals surface area contributed by atoms with Gasteiger partial charge in [0, 0.05) is 23.6 Å². The Hall–Kier alpha value is -4.14. The van der Waals surface area contributed by atoms with E-state index in [4.69, 9.17) is 19.0 Å². The van der Waals surface area contributed by atoms with Crippen LogP contribution in [0.25, 0.3) is 0 Å². The summed E-state index contributed by atoms with van der Waals surface area (Å²) in [6.07, 6.45) is 8.45. The zero-order chi connectivity index (χ0) is 26.5. The number of hydrogen-bond donors (Lipinski definition) is 1. The number of aromatic nitrogens is 1. The van der Waals surface area contributed by atoms with Gasteiger partial charge in [0.05, 0.1) is 31.7 Å². The molecule has 1 fully saturated rings. The van der Waals surface area contributed by atoms with E-state index in [1.165, 1.54) is 30.4 Å². The van der Waals surface area contributed by atoms with Gasteiger partial charge in [0.25, 0.3) is 5.91 Å². The lowest BCUT2D eigenvalue weighted by Crippen LogP contribution is -2.36. The Labute approximate surface area is 221 Å². The molecule has 2 heterocycles. The van der Waals surface area contributed by atoms with Crippen molar-refractivity contribution < 1.29 is 23.5 Å². The van der Waals surface area contributed by atoms with Gasteiger partial charge < -0.3 is 19.2 Å². The van der Waals surface area contributed by atoms with Gasteiger partial charge in [-0.25, -0.2) is 9.99 Å². The maximum Gasteiger partial charge on any atom is 0.293 e. The highest BCUT2D eigenvalue weighted by Gasteiger charge is 2.30. The number of rotatable bonds is 9. The SMILES string of the molecule is CCC1CC(=O)N(Cc2ccc(NC(=O)c3cnco3)cc2)N=C1c1ccc(OC)c(OC2CCCC2)c1. The molecule has 1 unspecified atom stereocenters. The fourth-order valence-electron chi connectivity index (χ4n) is 4.94. The van der Waals surface area contributed by atoms with Crippen LogP contribution in [0.1, 0.15) is 67.1 Å². The van der Waals surface area contributed by atoms with Gasteiger partial charge in [-0.05, 0) is 68.0 Å². The summed E-state index contributed by atoms with van der Waals surface area (Å²) in [5, 5.41) is 9.12. The molecule has 2 aliphatic rings. The standard InChI is InChI=1S/C29H32N4O5/c1-3-20-15-27(34)33(17-19-8-11-22(12-9-19)31-29(35)26-16-30-18-37-26)32-28(20)21-10-13-24(36-2)25(14-21)38-23-6-4-5-7-23/h8-14,16,18,20,23H,3-7,15,17H2,1-2H3,(H,31,35). The Morgan fingerprint density at radius 2 is 1.92 bits per heavy atom. The molecule has 9 nitrogen and oxygen atoms in total. The molecule has 1 atom stereocenters. The highest BCUT2D eigenvalue weighted by atomic mass is 16.5. The molecule has 2 aromatic carbocycles. The van der Waals surface area contributed by atoms with Gasteiger partial charge in [0.15, 0.2) is 17.9 Å². The van der Waals surface area contributed by atoms with Gasteiger partial charge in [-0.2, -0.15) is 5.10 Å². The van der Waals surface area contributed by atoms with Gasteiger partial charge in [-0.1, -0.05) is 19.1 Å². The first-order chi connectivity index (χ1) is 18.5. The highest BCUT2D eigenvalue weighted by Crippen LogP contribution is 2.34. The number of nitrogens with zero attached hydrogens (tertiary/aromatic N) is 3. The molecule has 1 aliphatic heterocycles. The number of anilines is 1. The Balaban J connectivity index is 1.34. The Bertz CT molecular complexity index is 1300. The van der Waals surface area contributed by atoms with Crippen LogP contribution >= 0.6 is 0 Å². The third-order valence-corrected chi connectivity index (χ3v) is 7.07. The Kier molecular flexibility index (Phi) is 7.72. The van der Waals surface area contributed by atoms with Crippen LogP contribution in [0.5, 0.6) is 11.5 Å². The second kappa shape index (κ2) is 11.5. The molecule has 0 radical (unpaired) electrons. The van der Waals surface area contributed by atoms with E-state index in [9.17, 15) is 9.59 Å². The molecule has 2 amide bonds. The topological polar surface area (TPSA) is 106 Å². The predicted octanol–water partition coefficient (Wildman–Crippen LogP) is 5.42. The lowest BCUT2D eigenvalue weighted by atomic mass is 9.89. The summed E-state index contributed by atoms with van der Waals surface area (Å²) in [6, 6.07) is 13.2. The molecule has 38 heavy (non-hydrogen) atoms. The van der Waals surface area contributed by atoms with Crippen molar-refractivity contribution in [3.05, 3.63) is 71.9 Å². The number of ether oxygens (including phenoxy) is 2. The van der Waals surface area contributed by atoms with Crippen molar-refractivity contribution in [1.29, 1.82) is 0 Å². The van der Waals surface area contributed by atoms with E-state index in [1.807, 2.05) is 30.3 Å². The summed E-state index contributed by atoms with van der Waals surface area (Å²) in [5.74, 6) is 1.20. The molecule has 1 aliphatic carbocycles. The van der Waals surface area contributed by atoms with Crippen LogP contribution in [0.3, 0.4) is 0 Å². The van der Waals surface area contributed by atoms with Crippen LogP contribution in [-0.4, -0.2) is 40.7 Å². The van der Waals surface area contributed by atoms with E-state index in [0.717, 1.165) is 41.9 Å². The van der Waals surface area contributed by atoms with Crippen molar-refractivity contribution in [2.75, 3.05) is 12.4 Å². The van der Waals surface area contributed by atoms with E-state index in [-0.39, 0.29) is 29.6 Å². The zero-order valence-electron chi connectivity index (χ0n) is 21.7. The largest absolute Gasteiger partial charge is 0.493 e. The average Bonchev–Trinajstić information content (AvgIpc) is 3.66. The molecule has 3 aromatic rings. The normalized spacial score (nSPS) is 17.8. The fourth-order valence-corrected chi connectivity index (χ4v) is 4.94. The van der Waals surface area contributed by atoms with Crippen molar-refractivity contribution >= 4 is 23.2 Å². The summed E-state index contributed by atoms with van der Waals surface area (Å²) in [7, 11) is 1.65. The number of hydrazone groups is 1. The van der Waals surface area contributed by atoms with Gasteiger partial charge in [0.1, 0.15) is 0 Å². The molecule has 0 spiro atoms. The van der Waals surface area contributed by atoms with E-state index < -0.39 is 0 Å². The molecule has 0 bridgehead atoms. The number of nitrogens with one attached hydrogen (secondary N) is 1. The lowest BCUT2D eigenvalue weighted by Gasteiger charge is -2.29. The fraction of sp³-hybridized carbons (Fsp3) is 0.379. The van der Waals surface area contributed by atoms with Crippen LogP contribution in [0.2, 0.25) is 0 Å². The second-order valence-corrected chi connectivity index (χ2v) is 9.65. The Morgan fingerprint density at radius 3 is 2.61 bits per heavy atom.